The number of amides is 1. The maximum absolute atomic E-state index is 13.3. The Morgan fingerprint density at radius 2 is 1.85 bits per heavy atom. The van der Waals surface area contributed by atoms with Crippen LogP contribution in [0.25, 0.3) is 11.0 Å². The molecule has 27 heavy (non-hydrogen) atoms. The standard InChI is InChI=1S/C19H10BrN3O3S/c20-11-7-5-10(6-8-11)15-14-16(24)12-3-1-2-4-13(12)26-17(14)18(25)23(15)19-22-21-9-27-19/h1-9,15H. The molecule has 0 N–H and O–H groups in total. The molecule has 3 heterocycles. The third-order valence-electron chi connectivity index (χ3n) is 4.52. The number of aromatic nitrogens is 2. The summed E-state index contributed by atoms with van der Waals surface area (Å²) in [6.45, 7) is 0. The van der Waals surface area contributed by atoms with Crippen LogP contribution < -0.4 is 10.3 Å². The number of hydrogen-bond donors (Lipinski definition) is 0. The van der Waals surface area contributed by atoms with Crippen molar-refractivity contribution >= 4 is 49.3 Å². The summed E-state index contributed by atoms with van der Waals surface area (Å²) in [4.78, 5) is 27.9. The summed E-state index contributed by atoms with van der Waals surface area (Å²) in [5.74, 6) is -0.334. The number of rotatable bonds is 2. The Morgan fingerprint density at radius 3 is 2.59 bits per heavy atom. The van der Waals surface area contributed by atoms with Crippen LogP contribution in [0.4, 0.5) is 5.13 Å². The van der Waals surface area contributed by atoms with Crippen molar-refractivity contribution in [1.82, 2.24) is 10.2 Å². The quantitative estimate of drug-likeness (QED) is 0.468. The van der Waals surface area contributed by atoms with Gasteiger partial charge in [-0.05, 0) is 29.8 Å². The van der Waals surface area contributed by atoms with E-state index in [1.54, 1.807) is 29.8 Å². The minimum Gasteiger partial charge on any atom is -0.450 e. The van der Waals surface area contributed by atoms with Gasteiger partial charge >= 0.3 is 0 Å². The second kappa shape index (κ2) is 6.11. The van der Waals surface area contributed by atoms with Crippen molar-refractivity contribution in [3.05, 3.63) is 85.6 Å². The number of hydrogen-bond acceptors (Lipinski definition) is 6. The fraction of sp³-hybridized carbons (Fsp3) is 0.0526. The lowest BCUT2D eigenvalue weighted by Crippen LogP contribution is -2.29. The molecule has 5 rings (SSSR count). The summed E-state index contributed by atoms with van der Waals surface area (Å²) < 4.78 is 6.76. The fourth-order valence-electron chi connectivity index (χ4n) is 3.35. The molecule has 1 amide bonds. The van der Waals surface area contributed by atoms with Gasteiger partial charge in [-0.1, -0.05) is 51.5 Å². The third-order valence-corrected chi connectivity index (χ3v) is 5.74. The molecule has 0 saturated carbocycles. The Balaban J connectivity index is 1.83. The lowest BCUT2D eigenvalue weighted by atomic mass is 9.99. The van der Waals surface area contributed by atoms with E-state index in [2.05, 4.69) is 26.1 Å². The summed E-state index contributed by atoms with van der Waals surface area (Å²) in [7, 11) is 0. The van der Waals surface area contributed by atoms with Gasteiger partial charge in [0.15, 0.2) is 5.43 Å². The van der Waals surface area contributed by atoms with Gasteiger partial charge in [0.2, 0.25) is 10.9 Å². The van der Waals surface area contributed by atoms with E-state index in [1.807, 2.05) is 24.3 Å². The molecule has 132 valence electrons. The van der Waals surface area contributed by atoms with Crippen LogP contribution in [0.5, 0.6) is 0 Å². The molecular formula is C19H10BrN3O3S. The number of halogens is 1. The highest BCUT2D eigenvalue weighted by Gasteiger charge is 2.44. The van der Waals surface area contributed by atoms with Crippen LogP contribution in [0.15, 0.2) is 67.7 Å². The first-order chi connectivity index (χ1) is 13.1. The van der Waals surface area contributed by atoms with Crippen LogP contribution in [-0.4, -0.2) is 16.1 Å². The van der Waals surface area contributed by atoms with Gasteiger partial charge in [0.1, 0.15) is 11.1 Å². The lowest BCUT2D eigenvalue weighted by molar-refractivity contribution is 0.0970. The van der Waals surface area contributed by atoms with E-state index in [4.69, 9.17) is 4.42 Å². The second-order valence-corrected chi connectivity index (χ2v) is 7.75. The number of para-hydroxylation sites is 1. The maximum atomic E-state index is 13.3. The summed E-state index contributed by atoms with van der Waals surface area (Å²) >= 11 is 4.65. The fourth-order valence-corrected chi connectivity index (χ4v) is 4.20. The van der Waals surface area contributed by atoms with Crippen LogP contribution in [0.1, 0.15) is 27.7 Å². The summed E-state index contributed by atoms with van der Waals surface area (Å²) in [5, 5.41) is 8.76. The monoisotopic (exact) mass is 439 g/mol. The lowest BCUT2D eigenvalue weighted by Gasteiger charge is -2.22. The van der Waals surface area contributed by atoms with E-state index in [0.717, 1.165) is 10.0 Å². The predicted molar refractivity (Wildman–Crippen MR) is 105 cm³/mol. The molecule has 2 aromatic heterocycles. The molecule has 2 aromatic carbocycles. The number of carbonyl (C=O) groups excluding carboxylic acids is 1. The molecule has 0 spiro atoms. The minimum absolute atomic E-state index is 0.0572. The zero-order valence-electron chi connectivity index (χ0n) is 13.6. The molecule has 0 radical (unpaired) electrons. The van der Waals surface area contributed by atoms with Crippen molar-refractivity contribution in [2.24, 2.45) is 0 Å². The van der Waals surface area contributed by atoms with Crippen LogP contribution in [-0.2, 0) is 0 Å². The number of fused-ring (bicyclic) bond motifs is 2. The number of benzene rings is 2. The second-order valence-electron chi connectivity index (χ2n) is 6.02. The highest BCUT2D eigenvalue weighted by molar-refractivity contribution is 9.10. The van der Waals surface area contributed by atoms with Crippen molar-refractivity contribution in [2.45, 2.75) is 6.04 Å². The van der Waals surface area contributed by atoms with E-state index in [0.29, 0.717) is 21.7 Å². The Labute approximate surface area is 165 Å². The normalized spacial score (nSPS) is 16.1. The van der Waals surface area contributed by atoms with Crippen molar-refractivity contribution in [1.29, 1.82) is 0 Å². The minimum atomic E-state index is -0.616. The van der Waals surface area contributed by atoms with Gasteiger partial charge in [-0.25, -0.2) is 0 Å². The molecule has 4 aromatic rings. The number of anilines is 1. The van der Waals surface area contributed by atoms with Gasteiger partial charge in [-0.2, -0.15) is 0 Å². The van der Waals surface area contributed by atoms with Crippen molar-refractivity contribution in [2.75, 3.05) is 4.90 Å². The largest absolute Gasteiger partial charge is 0.450 e. The smallest absolute Gasteiger partial charge is 0.297 e. The van der Waals surface area contributed by atoms with Gasteiger partial charge in [0, 0.05) is 4.47 Å². The van der Waals surface area contributed by atoms with E-state index in [9.17, 15) is 9.59 Å². The van der Waals surface area contributed by atoms with Gasteiger partial charge in [-0.3, -0.25) is 14.5 Å². The molecular weight excluding hydrogens is 430 g/mol. The Bertz CT molecular complexity index is 1240. The first-order valence-electron chi connectivity index (χ1n) is 8.06. The van der Waals surface area contributed by atoms with E-state index < -0.39 is 11.9 Å². The molecule has 0 bridgehead atoms. The average Bonchev–Trinajstić information content (AvgIpc) is 3.30. The summed E-state index contributed by atoms with van der Waals surface area (Å²) in [6, 6.07) is 13.8. The summed E-state index contributed by atoms with van der Waals surface area (Å²) in [5.41, 5.74) is 2.86. The SMILES string of the molecule is O=C1c2oc3ccccc3c(=O)c2C(c2ccc(Br)cc2)N1c1nncs1. The highest BCUT2D eigenvalue weighted by atomic mass is 79.9. The van der Waals surface area contributed by atoms with Crippen molar-refractivity contribution in [3.8, 4) is 0 Å². The van der Waals surface area contributed by atoms with Gasteiger partial charge in [0.25, 0.3) is 5.91 Å². The molecule has 0 fully saturated rings. The molecule has 1 unspecified atom stereocenters. The zero-order chi connectivity index (χ0) is 18.5. The predicted octanol–water partition coefficient (Wildman–Crippen LogP) is 4.16. The average molecular weight is 440 g/mol. The highest BCUT2D eigenvalue weighted by Crippen LogP contribution is 2.41. The van der Waals surface area contributed by atoms with E-state index in [-0.39, 0.29) is 11.2 Å². The van der Waals surface area contributed by atoms with Crippen LogP contribution >= 0.6 is 27.3 Å². The molecule has 8 heteroatoms. The number of carbonyl (C=O) groups is 1. The van der Waals surface area contributed by atoms with Crippen LogP contribution in [0.3, 0.4) is 0 Å². The molecule has 6 nitrogen and oxygen atoms in total. The first-order valence-corrected chi connectivity index (χ1v) is 9.73. The van der Waals surface area contributed by atoms with Crippen molar-refractivity contribution < 1.29 is 9.21 Å². The van der Waals surface area contributed by atoms with Crippen LogP contribution in [0, 0.1) is 0 Å². The summed E-state index contributed by atoms with van der Waals surface area (Å²) in [6.07, 6.45) is 0. The van der Waals surface area contributed by atoms with Crippen LogP contribution in [0.2, 0.25) is 0 Å². The zero-order valence-corrected chi connectivity index (χ0v) is 16.0. The Hall–Kier alpha value is -2.84. The number of nitrogens with zero attached hydrogens (tertiary/aromatic N) is 3. The van der Waals surface area contributed by atoms with E-state index >= 15 is 0 Å². The van der Waals surface area contributed by atoms with Gasteiger partial charge in [-0.15, -0.1) is 10.2 Å². The van der Waals surface area contributed by atoms with Crippen molar-refractivity contribution in [3.63, 3.8) is 0 Å². The Kier molecular flexibility index (Phi) is 3.70. The molecule has 1 atom stereocenters. The topological polar surface area (TPSA) is 76.3 Å². The Morgan fingerprint density at radius 1 is 1.07 bits per heavy atom. The van der Waals surface area contributed by atoms with Gasteiger partial charge < -0.3 is 4.42 Å². The molecule has 0 saturated heterocycles. The third kappa shape index (κ3) is 2.44. The molecule has 1 aliphatic heterocycles. The first kappa shape index (κ1) is 16.3. The van der Waals surface area contributed by atoms with Gasteiger partial charge in [0.05, 0.1) is 17.0 Å². The van der Waals surface area contributed by atoms with E-state index in [1.165, 1.54) is 16.2 Å². The molecule has 1 aliphatic rings. The maximum Gasteiger partial charge on any atom is 0.297 e. The molecule has 0 aliphatic carbocycles.